The summed E-state index contributed by atoms with van der Waals surface area (Å²) in [6, 6.07) is 11.2. The lowest BCUT2D eigenvalue weighted by molar-refractivity contribution is 0.437. The second-order valence-electron chi connectivity index (χ2n) is 8.11. The zero-order valence-electron chi connectivity index (χ0n) is 17.2. The van der Waals surface area contributed by atoms with Gasteiger partial charge in [0.25, 0.3) is 5.56 Å². The molecule has 0 bridgehead atoms. The second kappa shape index (κ2) is 7.73. The topological polar surface area (TPSA) is 139 Å². The molecule has 2 heterocycles. The molecule has 10 heteroatoms. The predicted octanol–water partition coefficient (Wildman–Crippen LogP) is 4.19. The number of phenols is 1. The average Bonchev–Trinajstić information content (AvgIpc) is 2.78. The van der Waals surface area contributed by atoms with E-state index in [0.717, 1.165) is 25.7 Å². The summed E-state index contributed by atoms with van der Waals surface area (Å²) < 4.78 is 26.6. The molecule has 1 aliphatic heterocycles. The third-order valence-electron chi connectivity index (χ3n) is 5.94. The number of nitrogens with one attached hydrogen (secondary N) is 2. The molecule has 0 unspecified atom stereocenters. The maximum Gasteiger partial charge on any atom is 0.284 e. The number of pyridine rings is 1. The summed E-state index contributed by atoms with van der Waals surface area (Å²) in [5.74, 6) is -0.580. The van der Waals surface area contributed by atoms with Gasteiger partial charge in [-0.05, 0) is 37.1 Å². The van der Waals surface area contributed by atoms with Crippen molar-refractivity contribution in [1.82, 2.24) is 4.68 Å². The molecule has 32 heavy (non-hydrogen) atoms. The number of aromatic nitrogens is 1. The van der Waals surface area contributed by atoms with E-state index in [2.05, 4.69) is 15.1 Å². The fourth-order valence-corrected chi connectivity index (χ4v) is 5.54. The number of fused-ring (bicyclic) bond motifs is 2. The molecule has 0 amide bonds. The molecule has 9 nitrogen and oxygen atoms in total. The summed E-state index contributed by atoms with van der Waals surface area (Å²) in [6.07, 6.45) is 5.20. The zero-order chi connectivity index (χ0) is 22.5. The molecule has 3 aromatic rings. The van der Waals surface area contributed by atoms with Gasteiger partial charge in [0.15, 0.2) is 5.84 Å². The summed E-state index contributed by atoms with van der Waals surface area (Å²) >= 11 is 0. The van der Waals surface area contributed by atoms with Crippen molar-refractivity contribution < 1.29 is 19.3 Å². The van der Waals surface area contributed by atoms with Crippen molar-refractivity contribution >= 4 is 33.2 Å². The summed E-state index contributed by atoms with van der Waals surface area (Å²) in [6.45, 7) is 0. The van der Waals surface area contributed by atoms with Gasteiger partial charge in [-0.25, -0.2) is 4.68 Å². The van der Waals surface area contributed by atoms with E-state index in [-0.39, 0.29) is 39.5 Å². The van der Waals surface area contributed by atoms with Crippen LogP contribution in [0.15, 0.2) is 56.6 Å². The molecule has 0 atom stereocenters. The van der Waals surface area contributed by atoms with Crippen molar-refractivity contribution in [2.75, 3.05) is 10.7 Å². The lowest BCUT2D eigenvalue weighted by Gasteiger charge is -2.34. The minimum atomic E-state index is -3.70. The Morgan fingerprint density at radius 2 is 1.81 bits per heavy atom. The number of nitrogens with zero attached hydrogens (tertiary/aromatic N) is 2. The standard InChI is InChI=1S/C22H24N4O5S/c27-14-10-11-16-18(12-14)32(30,31)25-21(23-16)19-20(28)15-8-4-5-9-17(15)26(22(19)29)24-13-6-2-1-3-7-13/h4-5,8-13,24,27-28,30-31H,1-3,6-7H2,(H,23,25). The lowest BCUT2D eigenvalue weighted by atomic mass is 9.96. The molecule has 1 saturated carbocycles. The van der Waals surface area contributed by atoms with Gasteiger partial charge in [0.05, 0.1) is 11.2 Å². The van der Waals surface area contributed by atoms with Crippen LogP contribution in [-0.4, -0.2) is 35.9 Å². The highest BCUT2D eigenvalue weighted by molar-refractivity contribution is 8.23. The van der Waals surface area contributed by atoms with Gasteiger partial charge < -0.3 is 21.0 Å². The van der Waals surface area contributed by atoms with Gasteiger partial charge in [-0.15, -0.1) is 4.40 Å². The molecule has 0 radical (unpaired) electrons. The maximum absolute atomic E-state index is 13.6. The molecular formula is C22H24N4O5S. The number of amidine groups is 1. The molecule has 2 aromatic carbocycles. The van der Waals surface area contributed by atoms with Crippen LogP contribution in [0, 0.1) is 0 Å². The van der Waals surface area contributed by atoms with Gasteiger partial charge in [-0.2, -0.15) is 0 Å². The minimum Gasteiger partial charge on any atom is -0.508 e. The average molecular weight is 457 g/mol. The van der Waals surface area contributed by atoms with Gasteiger partial charge in [-0.3, -0.25) is 13.9 Å². The van der Waals surface area contributed by atoms with Crippen LogP contribution >= 0.6 is 10.8 Å². The van der Waals surface area contributed by atoms with Crippen LogP contribution in [0.3, 0.4) is 0 Å². The third kappa shape index (κ3) is 3.46. The molecular weight excluding hydrogens is 432 g/mol. The van der Waals surface area contributed by atoms with E-state index in [4.69, 9.17) is 0 Å². The van der Waals surface area contributed by atoms with Crippen molar-refractivity contribution in [3.05, 3.63) is 58.4 Å². The number of para-hydroxylation sites is 1. The second-order valence-corrected chi connectivity index (χ2v) is 9.77. The van der Waals surface area contributed by atoms with Crippen LogP contribution in [0.25, 0.3) is 10.9 Å². The van der Waals surface area contributed by atoms with E-state index in [1.165, 1.54) is 29.3 Å². The van der Waals surface area contributed by atoms with E-state index in [1.807, 2.05) is 0 Å². The Bertz CT molecular complexity index is 1300. The minimum absolute atomic E-state index is 0.0159. The number of aromatic hydroxyl groups is 2. The van der Waals surface area contributed by atoms with Crippen molar-refractivity contribution in [2.24, 2.45) is 4.40 Å². The Kier molecular flexibility index (Phi) is 5.00. The van der Waals surface area contributed by atoms with E-state index >= 15 is 0 Å². The number of rotatable bonds is 3. The van der Waals surface area contributed by atoms with E-state index in [1.54, 1.807) is 24.3 Å². The van der Waals surface area contributed by atoms with Crippen molar-refractivity contribution in [3.8, 4) is 11.5 Å². The largest absolute Gasteiger partial charge is 0.508 e. The summed E-state index contributed by atoms with van der Waals surface area (Å²) in [4.78, 5) is 13.6. The van der Waals surface area contributed by atoms with Crippen LogP contribution in [0.2, 0.25) is 0 Å². The van der Waals surface area contributed by atoms with Crippen LogP contribution in [0.4, 0.5) is 5.69 Å². The number of anilines is 1. The zero-order valence-corrected chi connectivity index (χ0v) is 18.0. The Hall–Kier alpha value is -3.21. The molecule has 6 N–H and O–H groups in total. The fourth-order valence-electron chi connectivity index (χ4n) is 4.36. The number of hydrogen-bond donors (Lipinski definition) is 6. The third-order valence-corrected chi connectivity index (χ3v) is 7.30. The molecule has 0 saturated heterocycles. The first-order valence-corrected chi connectivity index (χ1v) is 12.0. The lowest BCUT2D eigenvalue weighted by Crippen LogP contribution is -2.40. The first-order chi connectivity index (χ1) is 15.3. The molecule has 168 valence electrons. The summed E-state index contributed by atoms with van der Waals surface area (Å²) in [7, 11) is -3.70. The van der Waals surface area contributed by atoms with Gasteiger partial charge >= 0.3 is 0 Å². The van der Waals surface area contributed by atoms with E-state index < -0.39 is 16.3 Å². The van der Waals surface area contributed by atoms with Gasteiger partial charge in [-0.1, -0.05) is 42.2 Å². The normalized spacial score (nSPS) is 19.0. The number of phenolic OH excluding ortho intramolecular Hbond substituents is 1. The Balaban J connectivity index is 1.69. The molecule has 1 fully saturated rings. The molecule has 1 aliphatic carbocycles. The van der Waals surface area contributed by atoms with Crippen LogP contribution in [0.5, 0.6) is 11.5 Å². The quantitative estimate of drug-likeness (QED) is 0.325. The fraction of sp³-hybridized carbons (Fsp3) is 0.273. The van der Waals surface area contributed by atoms with Crippen LogP contribution < -0.4 is 16.3 Å². The highest BCUT2D eigenvalue weighted by Crippen LogP contribution is 2.56. The maximum atomic E-state index is 13.6. The SMILES string of the molecule is O=c1c(C2=NS(O)(O)c3cc(O)ccc3N2)c(O)c2ccccc2n1NC1CCCCC1. The predicted molar refractivity (Wildman–Crippen MR) is 125 cm³/mol. The van der Waals surface area contributed by atoms with Crippen LogP contribution in [0.1, 0.15) is 37.7 Å². The van der Waals surface area contributed by atoms with Crippen LogP contribution in [-0.2, 0) is 0 Å². The molecule has 2 aliphatic rings. The Labute approximate surface area is 185 Å². The molecule has 1 aromatic heterocycles. The van der Waals surface area contributed by atoms with E-state index in [0.29, 0.717) is 10.9 Å². The van der Waals surface area contributed by atoms with E-state index in [9.17, 15) is 24.1 Å². The number of benzene rings is 2. The van der Waals surface area contributed by atoms with Crippen molar-refractivity contribution in [3.63, 3.8) is 0 Å². The first kappa shape index (κ1) is 20.7. The summed E-state index contributed by atoms with van der Waals surface area (Å²) in [5, 5.41) is 24.1. The number of hydrogen-bond acceptors (Lipinski definition) is 8. The highest BCUT2D eigenvalue weighted by Gasteiger charge is 2.31. The van der Waals surface area contributed by atoms with Crippen molar-refractivity contribution in [2.45, 2.75) is 43.0 Å². The first-order valence-electron chi connectivity index (χ1n) is 10.5. The van der Waals surface area contributed by atoms with Gasteiger partial charge in [0, 0.05) is 17.5 Å². The van der Waals surface area contributed by atoms with Gasteiger partial charge in [0.2, 0.25) is 0 Å². The summed E-state index contributed by atoms with van der Waals surface area (Å²) in [5.41, 5.74) is 3.41. The molecule has 0 spiro atoms. The van der Waals surface area contributed by atoms with Gasteiger partial charge in [0.1, 0.15) is 22.0 Å². The molecule has 5 rings (SSSR count). The highest BCUT2D eigenvalue weighted by atomic mass is 32.3. The smallest absolute Gasteiger partial charge is 0.284 e. The Morgan fingerprint density at radius 3 is 2.59 bits per heavy atom. The Morgan fingerprint density at radius 1 is 1.06 bits per heavy atom. The van der Waals surface area contributed by atoms with Crippen molar-refractivity contribution in [1.29, 1.82) is 0 Å². The monoisotopic (exact) mass is 456 g/mol.